The molecule has 6 heteroatoms. The van der Waals surface area contributed by atoms with Gasteiger partial charge in [0.1, 0.15) is 5.82 Å². The Morgan fingerprint density at radius 2 is 2.00 bits per heavy atom. The smallest absolute Gasteiger partial charge is 0.298 e. The number of carbonyl (C=O) groups is 1. The van der Waals surface area contributed by atoms with Gasteiger partial charge in [-0.25, -0.2) is 9.40 Å². The van der Waals surface area contributed by atoms with E-state index < -0.39 is 0 Å². The van der Waals surface area contributed by atoms with Gasteiger partial charge in [0.25, 0.3) is 5.91 Å². The topological polar surface area (TPSA) is 37.1 Å². The molecule has 2 aromatic rings. The minimum atomic E-state index is -0.263. The zero-order chi connectivity index (χ0) is 17.2. The largest absolute Gasteiger partial charge is 0.327 e. The standard InChI is InChI=1S/C19H20FN3OS/c20-15-7-5-14(6-8-15)17-12-16(18-4-3-11-25-18)21-23(17)19(24)13-22-9-1-2-10-22/h3-8,11,17H,1-2,9-10,12-13H2/p+1/t17-/m1/s1. The molecule has 1 saturated heterocycles. The first-order chi connectivity index (χ1) is 12.2. The second-order valence-corrected chi connectivity index (χ2v) is 7.62. The van der Waals surface area contributed by atoms with Crippen LogP contribution in [0.5, 0.6) is 0 Å². The number of amides is 1. The van der Waals surface area contributed by atoms with E-state index in [-0.39, 0.29) is 17.8 Å². The van der Waals surface area contributed by atoms with Crippen LogP contribution in [0.2, 0.25) is 0 Å². The van der Waals surface area contributed by atoms with E-state index in [1.54, 1.807) is 28.5 Å². The molecule has 0 aliphatic carbocycles. The van der Waals surface area contributed by atoms with Gasteiger partial charge in [-0.15, -0.1) is 11.3 Å². The molecule has 3 heterocycles. The summed E-state index contributed by atoms with van der Waals surface area (Å²) in [7, 11) is 0. The van der Waals surface area contributed by atoms with E-state index in [0.29, 0.717) is 13.0 Å². The summed E-state index contributed by atoms with van der Waals surface area (Å²) in [5.74, 6) is -0.210. The molecule has 2 aliphatic rings. The maximum absolute atomic E-state index is 13.3. The Morgan fingerprint density at radius 1 is 1.24 bits per heavy atom. The molecule has 1 amide bonds. The third-order valence-electron chi connectivity index (χ3n) is 4.94. The van der Waals surface area contributed by atoms with Gasteiger partial charge in [-0.1, -0.05) is 18.2 Å². The van der Waals surface area contributed by atoms with Gasteiger partial charge in [0.2, 0.25) is 0 Å². The molecule has 1 fully saturated rings. The Morgan fingerprint density at radius 3 is 2.68 bits per heavy atom. The number of carbonyl (C=O) groups excluding carboxylic acids is 1. The normalized spacial score (nSPS) is 20.9. The highest BCUT2D eigenvalue weighted by atomic mass is 32.1. The van der Waals surface area contributed by atoms with Gasteiger partial charge >= 0.3 is 0 Å². The van der Waals surface area contributed by atoms with Gasteiger partial charge in [0.05, 0.1) is 29.7 Å². The number of quaternary nitrogens is 1. The number of rotatable bonds is 4. The van der Waals surface area contributed by atoms with Crippen molar-refractivity contribution in [3.63, 3.8) is 0 Å². The molecule has 0 spiro atoms. The summed E-state index contributed by atoms with van der Waals surface area (Å²) in [6.07, 6.45) is 3.05. The molecule has 0 unspecified atom stereocenters. The van der Waals surface area contributed by atoms with Crippen molar-refractivity contribution in [3.05, 3.63) is 58.0 Å². The third kappa shape index (κ3) is 3.50. The lowest BCUT2D eigenvalue weighted by Gasteiger charge is -2.23. The van der Waals surface area contributed by atoms with Crippen molar-refractivity contribution >= 4 is 23.0 Å². The van der Waals surface area contributed by atoms with E-state index in [1.807, 2.05) is 17.5 Å². The SMILES string of the molecule is O=C(C[NH+]1CCCC1)N1N=C(c2cccs2)C[C@@H]1c1ccc(F)cc1. The van der Waals surface area contributed by atoms with E-state index >= 15 is 0 Å². The van der Waals surface area contributed by atoms with Crippen LogP contribution in [0, 0.1) is 5.82 Å². The van der Waals surface area contributed by atoms with Crippen LogP contribution in [0.3, 0.4) is 0 Å². The molecule has 1 aromatic heterocycles. The molecule has 130 valence electrons. The second kappa shape index (κ2) is 7.06. The van der Waals surface area contributed by atoms with E-state index in [0.717, 1.165) is 29.2 Å². The monoisotopic (exact) mass is 358 g/mol. The molecule has 2 aliphatic heterocycles. The van der Waals surface area contributed by atoms with Crippen LogP contribution >= 0.6 is 11.3 Å². The summed E-state index contributed by atoms with van der Waals surface area (Å²) in [5, 5.41) is 8.31. The zero-order valence-corrected chi connectivity index (χ0v) is 14.8. The number of likely N-dealkylation sites (tertiary alicyclic amines) is 1. The number of nitrogens with zero attached hydrogens (tertiary/aromatic N) is 2. The lowest BCUT2D eigenvalue weighted by molar-refractivity contribution is -0.879. The Kier molecular flexibility index (Phi) is 4.63. The molecular weight excluding hydrogens is 337 g/mol. The number of hydrazone groups is 1. The average Bonchev–Trinajstić information content (AvgIpc) is 3.36. The number of benzene rings is 1. The summed E-state index contributed by atoms with van der Waals surface area (Å²) < 4.78 is 13.3. The molecule has 0 radical (unpaired) electrons. The molecule has 0 saturated carbocycles. The molecular formula is C19H21FN3OS+. The van der Waals surface area contributed by atoms with Gasteiger partial charge in [0, 0.05) is 19.3 Å². The van der Waals surface area contributed by atoms with Crippen molar-refractivity contribution in [2.24, 2.45) is 5.10 Å². The fraction of sp³-hybridized carbons (Fsp3) is 0.368. The van der Waals surface area contributed by atoms with Gasteiger partial charge < -0.3 is 4.90 Å². The zero-order valence-electron chi connectivity index (χ0n) is 14.0. The van der Waals surface area contributed by atoms with Gasteiger partial charge in [-0.2, -0.15) is 5.10 Å². The predicted molar refractivity (Wildman–Crippen MR) is 96.3 cm³/mol. The number of hydrogen-bond acceptors (Lipinski definition) is 3. The van der Waals surface area contributed by atoms with Crippen molar-refractivity contribution in [2.75, 3.05) is 19.6 Å². The fourth-order valence-electron chi connectivity index (χ4n) is 3.62. The number of nitrogens with one attached hydrogen (secondary N) is 1. The van der Waals surface area contributed by atoms with Crippen molar-refractivity contribution in [1.82, 2.24) is 5.01 Å². The van der Waals surface area contributed by atoms with Crippen molar-refractivity contribution in [2.45, 2.75) is 25.3 Å². The quantitative estimate of drug-likeness (QED) is 0.894. The van der Waals surface area contributed by atoms with Gasteiger partial charge in [0.15, 0.2) is 6.54 Å². The predicted octanol–water partition coefficient (Wildman–Crippen LogP) is 2.24. The maximum atomic E-state index is 13.3. The van der Waals surface area contributed by atoms with Crippen molar-refractivity contribution < 1.29 is 14.1 Å². The Hall–Kier alpha value is -2.05. The highest BCUT2D eigenvalue weighted by Gasteiger charge is 2.35. The van der Waals surface area contributed by atoms with E-state index in [9.17, 15) is 9.18 Å². The lowest BCUT2D eigenvalue weighted by atomic mass is 10.0. The van der Waals surface area contributed by atoms with Crippen LogP contribution in [-0.4, -0.2) is 36.3 Å². The summed E-state index contributed by atoms with van der Waals surface area (Å²) >= 11 is 1.63. The van der Waals surface area contributed by atoms with Gasteiger partial charge in [-0.05, 0) is 29.1 Å². The van der Waals surface area contributed by atoms with E-state index in [1.165, 1.54) is 29.9 Å². The first kappa shape index (κ1) is 16.4. The highest BCUT2D eigenvalue weighted by Crippen LogP contribution is 2.33. The van der Waals surface area contributed by atoms with Gasteiger partial charge in [-0.3, -0.25) is 4.79 Å². The van der Waals surface area contributed by atoms with Crippen molar-refractivity contribution in [3.8, 4) is 0 Å². The van der Waals surface area contributed by atoms with E-state index in [4.69, 9.17) is 0 Å². The summed E-state index contributed by atoms with van der Waals surface area (Å²) in [4.78, 5) is 15.3. The minimum Gasteiger partial charge on any atom is -0.327 e. The molecule has 1 atom stereocenters. The van der Waals surface area contributed by atoms with Crippen molar-refractivity contribution in [1.29, 1.82) is 0 Å². The van der Waals surface area contributed by atoms with Crippen LogP contribution in [0.25, 0.3) is 0 Å². The molecule has 1 N–H and O–H groups in total. The fourth-order valence-corrected chi connectivity index (χ4v) is 4.34. The third-order valence-corrected chi connectivity index (χ3v) is 5.86. The maximum Gasteiger partial charge on any atom is 0.298 e. The van der Waals surface area contributed by atoms with Crippen LogP contribution in [-0.2, 0) is 4.79 Å². The molecule has 1 aromatic carbocycles. The van der Waals surface area contributed by atoms with Crippen LogP contribution in [0.4, 0.5) is 4.39 Å². The molecule has 25 heavy (non-hydrogen) atoms. The first-order valence-corrected chi connectivity index (χ1v) is 9.61. The average molecular weight is 358 g/mol. The first-order valence-electron chi connectivity index (χ1n) is 8.73. The minimum absolute atomic E-state index is 0.0535. The Labute approximate surface area is 150 Å². The molecule has 0 bridgehead atoms. The highest BCUT2D eigenvalue weighted by molar-refractivity contribution is 7.12. The van der Waals surface area contributed by atoms with Crippen LogP contribution in [0.15, 0.2) is 46.9 Å². The Balaban J connectivity index is 1.59. The Bertz CT molecular complexity index is 766. The molecule has 4 rings (SSSR count). The van der Waals surface area contributed by atoms with E-state index in [2.05, 4.69) is 5.10 Å². The van der Waals surface area contributed by atoms with Crippen LogP contribution in [0.1, 0.15) is 35.7 Å². The number of hydrogen-bond donors (Lipinski definition) is 1. The summed E-state index contributed by atoms with van der Waals surface area (Å²) in [6.45, 7) is 2.60. The lowest BCUT2D eigenvalue weighted by Crippen LogP contribution is -3.11. The number of halogens is 1. The second-order valence-electron chi connectivity index (χ2n) is 6.67. The molecule has 4 nitrogen and oxygen atoms in total. The number of thiophene rings is 1. The van der Waals surface area contributed by atoms with Crippen LogP contribution < -0.4 is 4.90 Å². The summed E-state index contributed by atoms with van der Waals surface area (Å²) in [6, 6.07) is 10.3. The summed E-state index contributed by atoms with van der Waals surface area (Å²) in [5.41, 5.74) is 1.87.